The van der Waals surface area contributed by atoms with Crippen LogP contribution in [0, 0.1) is 0 Å². The second-order valence-electron chi connectivity index (χ2n) is 6.24. The van der Waals surface area contributed by atoms with E-state index in [2.05, 4.69) is 67.0 Å². The van der Waals surface area contributed by atoms with Gasteiger partial charge in [-0.1, -0.05) is 27.7 Å². The molecule has 0 saturated heterocycles. The summed E-state index contributed by atoms with van der Waals surface area (Å²) in [5.74, 6) is 0.916. The molecule has 0 bridgehead atoms. The van der Waals surface area contributed by atoms with Crippen LogP contribution >= 0.6 is 24.0 Å². The van der Waals surface area contributed by atoms with E-state index in [1.165, 1.54) is 19.4 Å². The first-order valence-corrected chi connectivity index (χ1v) is 9.45. The Morgan fingerprint density at radius 2 is 1.58 bits per heavy atom. The number of halogens is 1. The summed E-state index contributed by atoms with van der Waals surface area (Å²) in [6, 6.07) is 0.960. The highest BCUT2D eigenvalue weighted by Crippen LogP contribution is 2.00. The lowest BCUT2D eigenvalue weighted by atomic mass is 10.2. The van der Waals surface area contributed by atoms with Crippen LogP contribution in [0.5, 0.6) is 0 Å². The Balaban J connectivity index is 0. The molecule has 0 amide bonds. The van der Waals surface area contributed by atoms with Crippen LogP contribution in [0.3, 0.4) is 0 Å². The van der Waals surface area contributed by atoms with Crippen molar-refractivity contribution in [1.82, 2.24) is 20.4 Å². The van der Waals surface area contributed by atoms with Crippen molar-refractivity contribution < 1.29 is 0 Å². The molecule has 0 heterocycles. The van der Waals surface area contributed by atoms with Gasteiger partial charge in [0.05, 0.1) is 0 Å². The van der Waals surface area contributed by atoms with Gasteiger partial charge in [-0.15, -0.1) is 24.0 Å². The third-order valence-electron chi connectivity index (χ3n) is 4.61. The Morgan fingerprint density at radius 1 is 1.00 bits per heavy atom. The van der Waals surface area contributed by atoms with Gasteiger partial charge in [-0.05, 0) is 59.4 Å². The van der Waals surface area contributed by atoms with E-state index in [9.17, 15) is 0 Å². The molecule has 0 rings (SSSR count). The van der Waals surface area contributed by atoms with E-state index in [0.717, 1.165) is 38.7 Å². The number of hydrogen-bond donors (Lipinski definition) is 2. The maximum absolute atomic E-state index is 4.35. The van der Waals surface area contributed by atoms with Gasteiger partial charge in [0.15, 0.2) is 5.96 Å². The zero-order chi connectivity index (χ0) is 17.7. The van der Waals surface area contributed by atoms with Crippen LogP contribution in [0.2, 0.25) is 0 Å². The molecule has 0 aliphatic heterocycles. The first-order chi connectivity index (χ1) is 11.0. The number of nitrogens with zero attached hydrogens (tertiary/aromatic N) is 3. The monoisotopic (exact) mass is 455 g/mol. The van der Waals surface area contributed by atoms with Crippen molar-refractivity contribution >= 4 is 29.9 Å². The zero-order valence-corrected chi connectivity index (χ0v) is 19.4. The highest BCUT2D eigenvalue weighted by atomic mass is 127. The van der Waals surface area contributed by atoms with Crippen LogP contribution in [0.25, 0.3) is 0 Å². The van der Waals surface area contributed by atoms with Gasteiger partial charge in [-0.3, -0.25) is 9.89 Å². The van der Waals surface area contributed by atoms with Gasteiger partial charge in [0.1, 0.15) is 0 Å². The predicted octanol–water partition coefficient (Wildman–Crippen LogP) is 3.01. The average Bonchev–Trinajstić information content (AvgIpc) is 2.56. The van der Waals surface area contributed by atoms with Gasteiger partial charge in [0.25, 0.3) is 0 Å². The summed E-state index contributed by atoms with van der Waals surface area (Å²) < 4.78 is 0. The first kappa shape index (κ1) is 26.2. The van der Waals surface area contributed by atoms with Crippen LogP contribution in [-0.4, -0.2) is 74.2 Å². The second kappa shape index (κ2) is 16.4. The molecule has 2 N–H and O–H groups in total. The van der Waals surface area contributed by atoms with Gasteiger partial charge in [-0.2, -0.15) is 0 Å². The van der Waals surface area contributed by atoms with Gasteiger partial charge < -0.3 is 15.5 Å². The molecule has 146 valence electrons. The molecule has 2 unspecified atom stereocenters. The third-order valence-corrected chi connectivity index (χ3v) is 4.61. The van der Waals surface area contributed by atoms with Crippen LogP contribution < -0.4 is 10.6 Å². The fourth-order valence-electron chi connectivity index (χ4n) is 2.88. The number of likely N-dealkylation sites (N-methyl/N-ethyl adjacent to an activating group) is 1. The van der Waals surface area contributed by atoms with E-state index in [1.807, 2.05) is 7.05 Å². The molecule has 0 spiro atoms. The topological polar surface area (TPSA) is 42.9 Å². The molecule has 0 aromatic rings. The molecule has 2 atom stereocenters. The third kappa shape index (κ3) is 11.5. The van der Waals surface area contributed by atoms with Gasteiger partial charge in [0, 0.05) is 25.7 Å². The lowest BCUT2D eigenvalue weighted by molar-refractivity contribution is 0.231. The van der Waals surface area contributed by atoms with E-state index in [0.29, 0.717) is 12.1 Å². The maximum atomic E-state index is 4.35. The molecule has 24 heavy (non-hydrogen) atoms. The van der Waals surface area contributed by atoms with E-state index in [4.69, 9.17) is 0 Å². The highest BCUT2D eigenvalue weighted by molar-refractivity contribution is 14.0. The number of nitrogens with one attached hydrogen (secondary N) is 2. The van der Waals surface area contributed by atoms with E-state index < -0.39 is 0 Å². The molecule has 5 nitrogen and oxygen atoms in total. The molecule has 0 radical (unpaired) electrons. The maximum Gasteiger partial charge on any atom is 0.191 e. The fraction of sp³-hybridized carbons (Fsp3) is 0.944. The normalized spacial score (nSPS) is 14.5. The number of hydrogen-bond acceptors (Lipinski definition) is 3. The van der Waals surface area contributed by atoms with Crippen LogP contribution in [0.4, 0.5) is 0 Å². The SMILES string of the molecule is CCN(CC)CCCC(C)NC(=NC)NCC(C)N(CC)CC.I. The molecular formula is C18H42IN5. The molecule has 0 aliphatic carbocycles. The average molecular weight is 455 g/mol. The summed E-state index contributed by atoms with van der Waals surface area (Å²) in [6.45, 7) is 20.0. The Labute approximate surface area is 168 Å². The minimum Gasteiger partial charge on any atom is -0.355 e. The summed E-state index contributed by atoms with van der Waals surface area (Å²) >= 11 is 0. The molecule has 0 saturated carbocycles. The summed E-state index contributed by atoms with van der Waals surface area (Å²) in [7, 11) is 1.85. The lowest BCUT2D eigenvalue weighted by Gasteiger charge is -2.27. The minimum absolute atomic E-state index is 0. The number of rotatable bonds is 12. The van der Waals surface area contributed by atoms with Gasteiger partial charge in [-0.25, -0.2) is 0 Å². The molecule has 0 aliphatic rings. The molecule has 0 aromatic carbocycles. The van der Waals surface area contributed by atoms with Crippen molar-refractivity contribution in [2.75, 3.05) is 46.3 Å². The first-order valence-electron chi connectivity index (χ1n) is 9.45. The Hall–Kier alpha value is -0.0800. The Bertz CT molecular complexity index is 304. The standard InChI is InChI=1S/C18H41N5.HI/c1-8-22(9-2)14-12-13-16(5)21-18(19-7)20-15-17(6)23(10-3)11-4;/h16-17H,8-15H2,1-7H3,(H2,19,20,21);1H. The number of aliphatic imine (C=N–C) groups is 1. The van der Waals surface area contributed by atoms with Gasteiger partial charge >= 0.3 is 0 Å². The molecule has 0 aromatic heterocycles. The Morgan fingerprint density at radius 3 is 2.04 bits per heavy atom. The van der Waals surface area contributed by atoms with Crippen molar-refractivity contribution in [3.8, 4) is 0 Å². The van der Waals surface area contributed by atoms with E-state index in [1.54, 1.807) is 0 Å². The summed E-state index contributed by atoms with van der Waals surface area (Å²) in [4.78, 5) is 9.28. The summed E-state index contributed by atoms with van der Waals surface area (Å²) in [5.41, 5.74) is 0. The van der Waals surface area contributed by atoms with Crippen molar-refractivity contribution in [3.05, 3.63) is 0 Å². The minimum atomic E-state index is 0. The number of guanidine groups is 1. The smallest absolute Gasteiger partial charge is 0.191 e. The van der Waals surface area contributed by atoms with E-state index >= 15 is 0 Å². The predicted molar refractivity (Wildman–Crippen MR) is 119 cm³/mol. The van der Waals surface area contributed by atoms with E-state index in [-0.39, 0.29) is 24.0 Å². The van der Waals surface area contributed by atoms with Crippen molar-refractivity contribution in [2.24, 2.45) is 4.99 Å². The molecule has 6 heteroatoms. The van der Waals surface area contributed by atoms with Crippen LogP contribution in [0.1, 0.15) is 54.4 Å². The van der Waals surface area contributed by atoms with Crippen LogP contribution in [-0.2, 0) is 0 Å². The lowest BCUT2D eigenvalue weighted by Crippen LogP contribution is -2.48. The summed E-state index contributed by atoms with van der Waals surface area (Å²) in [5, 5.41) is 6.97. The van der Waals surface area contributed by atoms with Crippen molar-refractivity contribution in [1.29, 1.82) is 0 Å². The summed E-state index contributed by atoms with van der Waals surface area (Å²) in [6.07, 6.45) is 2.39. The van der Waals surface area contributed by atoms with Gasteiger partial charge in [0.2, 0.25) is 0 Å². The largest absolute Gasteiger partial charge is 0.355 e. The van der Waals surface area contributed by atoms with Crippen LogP contribution in [0.15, 0.2) is 4.99 Å². The molecular weight excluding hydrogens is 413 g/mol. The quantitative estimate of drug-likeness (QED) is 0.270. The zero-order valence-electron chi connectivity index (χ0n) is 17.1. The second-order valence-corrected chi connectivity index (χ2v) is 6.24. The highest BCUT2D eigenvalue weighted by Gasteiger charge is 2.11. The fourth-order valence-corrected chi connectivity index (χ4v) is 2.88. The van der Waals surface area contributed by atoms with Crippen molar-refractivity contribution in [2.45, 2.75) is 66.5 Å². The van der Waals surface area contributed by atoms with Crippen molar-refractivity contribution in [3.63, 3.8) is 0 Å². The Kier molecular flexibility index (Phi) is 17.9. The molecule has 0 fully saturated rings.